The summed E-state index contributed by atoms with van der Waals surface area (Å²) in [5.74, 6) is 3.09. The summed E-state index contributed by atoms with van der Waals surface area (Å²) in [4.78, 5) is 36.9. The molecule has 4 aromatic rings. The van der Waals surface area contributed by atoms with Crippen LogP contribution < -0.4 is 66.6 Å². The number of hydrogen-bond donors (Lipinski definition) is 1. The first-order valence-electron chi connectivity index (χ1n) is 15.8. The summed E-state index contributed by atoms with van der Waals surface area (Å²) in [7, 11) is 0. The largest absolute Gasteiger partial charge is 1.00 e. The molecule has 0 bridgehead atoms. The van der Waals surface area contributed by atoms with Gasteiger partial charge in [0.05, 0.1) is 19.1 Å². The Balaban J connectivity index is 0.000000279. The number of nitrogens with two attached hydrogens (primary N) is 1. The van der Waals surface area contributed by atoms with Crippen LogP contribution in [-0.4, -0.2) is 45.4 Å². The Labute approximate surface area is 352 Å². The van der Waals surface area contributed by atoms with E-state index in [1.165, 1.54) is 0 Å². The third-order valence-corrected chi connectivity index (χ3v) is 8.36. The second kappa shape index (κ2) is 20.8. The van der Waals surface area contributed by atoms with Crippen molar-refractivity contribution in [3.05, 3.63) is 80.4 Å². The number of carbonyl (C=O) groups excluding carboxylic acids is 3. The average molecular weight is 844 g/mol. The van der Waals surface area contributed by atoms with Gasteiger partial charge in [-0.3, -0.25) is 4.79 Å². The molecular weight excluding hydrogens is 801 g/mol. The minimum absolute atomic E-state index is 0. The van der Waals surface area contributed by atoms with Crippen molar-refractivity contribution in [3.8, 4) is 11.5 Å². The number of ether oxygens (including phenoxy) is 2. The van der Waals surface area contributed by atoms with Crippen LogP contribution in [-0.2, 0) is 20.4 Å². The number of rotatable bonds is 3. The first-order chi connectivity index (χ1) is 23.1. The molecule has 0 aliphatic carbocycles. The minimum Gasteiger partial charge on any atom is -0.493 e. The Morgan fingerprint density at radius 3 is 1.92 bits per heavy atom. The van der Waals surface area contributed by atoms with E-state index < -0.39 is 0 Å². The number of halogens is 2. The van der Waals surface area contributed by atoms with Gasteiger partial charge >= 0.3 is 57.5 Å². The quantitative estimate of drug-likeness (QED) is 0.169. The number of ketones is 1. The van der Waals surface area contributed by atoms with Gasteiger partial charge < -0.3 is 29.2 Å². The van der Waals surface area contributed by atoms with Crippen LogP contribution in [0.25, 0.3) is 0 Å². The van der Waals surface area contributed by atoms with Crippen molar-refractivity contribution in [2.75, 3.05) is 13.2 Å². The van der Waals surface area contributed by atoms with Crippen molar-refractivity contribution in [2.24, 2.45) is 5.73 Å². The molecule has 2 aliphatic heterocycles. The van der Waals surface area contributed by atoms with Crippen LogP contribution in [0.15, 0.2) is 54.4 Å². The Kier molecular flexibility index (Phi) is 18.4. The summed E-state index contributed by atoms with van der Waals surface area (Å²) in [6.45, 7) is 13.4. The van der Waals surface area contributed by atoms with Gasteiger partial charge in [0.1, 0.15) is 11.5 Å². The van der Waals surface area contributed by atoms with Gasteiger partial charge in [0.25, 0.3) is 0 Å². The monoisotopic (exact) mass is 841 g/mol. The number of hydrogen-bond acceptors (Lipinski definition) is 12. The molecule has 15 heteroatoms. The normalized spacial score (nSPS) is 16.4. The molecule has 0 saturated heterocycles. The van der Waals surface area contributed by atoms with E-state index in [1.54, 1.807) is 0 Å². The van der Waals surface area contributed by atoms with Crippen molar-refractivity contribution in [2.45, 2.75) is 96.4 Å². The van der Waals surface area contributed by atoms with E-state index in [1.807, 2.05) is 77.9 Å². The fourth-order valence-electron chi connectivity index (χ4n) is 4.84. The number of benzene rings is 2. The summed E-state index contributed by atoms with van der Waals surface area (Å²) >= 11 is 6.88. The first kappa shape index (κ1) is 44.1. The van der Waals surface area contributed by atoms with E-state index in [0.717, 1.165) is 63.9 Å². The molecule has 50 heavy (non-hydrogen) atoms. The third-order valence-electron chi connectivity index (χ3n) is 7.38. The predicted octanol–water partition coefficient (Wildman–Crippen LogP) is 4.87. The smallest absolute Gasteiger partial charge is 0.493 e. The Morgan fingerprint density at radius 2 is 1.42 bits per heavy atom. The van der Waals surface area contributed by atoms with E-state index in [0.29, 0.717) is 24.8 Å². The van der Waals surface area contributed by atoms with Gasteiger partial charge in [-0.1, -0.05) is 90.7 Å². The second-order valence-electron chi connectivity index (χ2n) is 13.5. The van der Waals surface area contributed by atoms with Crippen molar-refractivity contribution >= 4 is 43.8 Å². The SMILES string of the molecule is CC(C)(C)c1n[c-]no1.CC(C)(C)c1nc(C(=O)CC2CCCOc3cc(Br)ccc32)no1.NC1CCCOc2cc(Br)ccc21.O=C=O.[K+]. The van der Waals surface area contributed by atoms with Crippen molar-refractivity contribution in [1.29, 1.82) is 0 Å². The van der Waals surface area contributed by atoms with Gasteiger partial charge in [0.2, 0.25) is 17.5 Å². The topological polar surface area (TPSA) is 174 Å². The molecule has 0 fully saturated rings. The summed E-state index contributed by atoms with van der Waals surface area (Å²) in [6, 6.07) is 12.1. The molecule has 2 aliphatic rings. The zero-order valence-corrected chi connectivity index (χ0v) is 35.8. The molecule has 2 N–H and O–H groups in total. The minimum atomic E-state index is -0.263. The average Bonchev–Trinajstić information content (AvgIpc) is 3.69. The Bertz CT molecular complexity index is 1680. The maximum atomic E-state index is 12.6. The van der Waals surface area contributed by atoms with Crippen molar-refractivity contribution in [1.82, 2.24) is 20.3 Å². The second-order valence-corrected chi connectivity index (χ2v) is 15.3. The molecule has 0 spiro atoms. The van der Waals surface area contributed by atoms with Crippen LogP contribution in [0.3, 0.4) is 0 Å². The molecule has 0 amide bonds. The number of nitrogens with zero attached hydrogens (tertiary/aromatic N) is 4. The summed E-state index contributed by atoms with van der Waals surface area (Å²) < 4.78 is 23.4. The molecule has 0 radical (unpaired) electrons. The van der Waals surface area contributed by atoms with Crippen LogP contribution in [0.1, 0.15) is 119 Å². The van der Waals surface area contributed by atoms with Crippen LogP contribution in [0.2, 0.25) is 0 Å². The number of aromatic nitrogens is 4. The summed E-state index contributed by atoms with van der Waals surface area (Å²) in [6.07, 6.45) is 6.85. The first-order valence-corrected chi connectivity index (χ1v) is 17.4. The van der Waals surface area contributed by atoms with E-state index in [9.17, 15) is 4.79 Å². The maximum Gasteiger partial charge on any atom is 1.00 e. The van der Waals surface area contributed by atoms with Crippen LogP contribution >= 0.6 is 31.9 Å². The summed E-state index contributed by atoms with van der Waals surface area (Å²) in [5.41, 5.74) is 7.89. The predicted molar refractivity (Wildman–Crippen MR) is 186 cm³/mol. The van der Waals surface area contributed by atoms with Gasteiger partial charge in [-0.2, -0.15) is 19.7 Å². The van der Waals surface area contributed by atoms with Crippen molar-refractivity contribution < 1.29 is 84.3 Å². The third kappa shape index (κ3) is 13.8. The van der Waals surface area contributed by atoms with Gasteiger partial charge in [0.15, 0.2) is 0 Å². The van der Waals surface area contributed by atoms with Crippen LogP contribution in [0, 0.1) is 6.33 Å². The van der Waals surface area contributed by atoms with Crippen LogP contribution in [0.5, 0.6) is 11.5 Å². The molecule has 12 nitrogen and oxygen atoms in total. The van der Waals surface area contributed by atoms with Gasteiger partial charge in [-0.25, -0.2) is 0 Å². The Hall–Kier alpha value is -2.07. The van der Waals surface area contributed by atoms with E-state index in [-0.39, 0.29) is 91.9 Å². The Morgan fingerprint density at radius 1 is 0.880 bits per heavy atom. The zero-order valence-electron chi connectivity index (χ0n) is 29.5. The molecule has 2 aromatic heterocycles. The zero-order chi connectivity index (χ0) is 36.2. The van der Waals surface area contributed by atoms with Gasteiger partial charge in [-0.15, -0.1) is 0 Å². The van der Waals surface area contributed by atoms with E-state index in [4.69, 9.17) is 33.8 Å². The molecule has 264 valence electrons. The number of fused-ring (bicyclic) bond motifs is 2. The molecule has 2 atom stereocenters. The number of Topliss-reactive ketones (excluding diaryl/α,β-unsaturated/α-hetero) is 1. The summed E-state index contributed by atoms with van der Waals surface area (Å²) in [5, 5.41) is 7.24. The molecule has 2 aromatic carbocycles. The van der Waals surface area contributed by atoms with Crippen molar-refractivity contribution in [3.63, 3.8) is 0 Å². The van der Waals surface area contributed by atoms with E-state index >= 15 is 0 Å². The number of carbonyl (C=O) groups is 1. The van der Waals surface area contributed by atoms with E-state index in [2.05, 4.69) is 58.5 Å². The molecule has 0 saturated carbocycles. The maximum absolute atomic E-state index is 12.6. The molecule has 2 unspecified atom stereocenters. The molecule has 6 rings (SSSR count). The van der Waals surface area contributed by atoms with Gasteiger partial charge in [0, 0.05) is 32.4 Å². The van der Waals surface area contributed by atoms with Crippen LogP contribution in [0.4, 0.5) is 0 Å². The van der Waals surface area contributed by atoms with Gasteiger partial charge in [-0.05, 0) is 73.2 Å². The standard InChI is InChI=1S/C18H21BrN2O3.C10H12BrNO.C6H9N2O.CO2.K/c1-18(2,3)17-20-16(21-24-17)14(22)9-11-5-4-8-23-15-10-12(19)6-7-13(11)15;11-7-3-4-8-9(12)2-1-5-13-10(8)6-7;1-6(2,3)5-7-4-8-9-5;2-1-3;/h6-7,10-11H,4-5,8-9H2,1-3H3;3-4,6,9H,1-2,5,12H2;1-3H3;;/q;;-1;;+1. The molecular formula is C35H42Br2KN5O7. The molecule has 4 heterocycles. The fourth-order valence-corrected chi connectivity index (χ4v) is 5.52. The fraction of sp³-hybridized carbons (Fsp3) is 0.486.